The summed E-state index contributed by atoms with van der Waals surface area (Å²) in [5.41, 5.74) is 13.8. The first kappa shape index (κ1) is 37.4. The fourth-order valence-electron chi connectivity index (χ4n) is 8.51. The average molecular weight is 787 g/mol. The van der Waals surface area contributed by atoms with Crippen LogP contribution in [-0.4, -0.2) is 0 Å². The summed E-state index contributed by atoms with van der Waals surface area (Å²) >= 11 is 3.61. The lowest BCUT2D eigenvalue weighted by Gasteiger charge is -2.45. The number of rotatable bonds is 4. The first-order chi connectivity index (χ1) is 28.0. The van der Waals surface area contributed by atoms with Crippen molar-refractivity contribution in [3.8, 4) is 34.4 Å². The molecule has 0 N–H and O–H groups in total. The normalized spacial score (nSPS) is 13.1. The summed E-state index contributed by atoms with van der Waals surface area (Å²) in [4.78, 5) is 9.76. The van der Waals surface area contributed by atoms with Crippen molar-refractivity contribution >= 4 is 57.6 Å². The van der Waals surface area contributed by atoms with Crippen molar-refractivity contribution in [1.29, 1.82) is 10.5 Å². The van der Waals surface area contributed by atoms with Crippen molar-refractivity contribution in [3.05, 3.63) is 168 Å². The molecule has 0 bridgehead atoms. The summed E-state index contributed by atoms with van der Waals surface area (Å²) in [5.74, 6) is 0. The Morgan fingerprint density at radius 3 is 0.983 bits per heavy atom. The van der Waals surface area contributed by atoms with Crippen molar-refractivity contribution in [3.63, 3.8) is 0 Å². The Bertz CT molecular complexity index is 2640. The van der Waals surface area contributed by atoms with Crippen molar-refractivity contribution < 1.29 is 0 Å². The van der Waals surface area contributed by atoms with Crippen molar-refractivity contribution in [1.82, 2.24) is 0 Å². The molecule has 0 amide bonds. The van der Waals surface area contributed by atoms with Gasteiger partial charge in [-0.05, 0) is 106 Å². The summed E-state index contributed by atoms with van der Waals surface area (Å²) in [6, 6.07) is 55.9. The summed E-state index contributed by atoms with van der Waals surface area (Å²) in [7, 11) is 0. The number of hydrogen-bond acceptors (Lipinski definition) is 6. The van der Waals surface area contributed by atoms with Crippen LogP contribution >= 0.6 is 23.5 Å². The van der Waals surface area contributed by atoms with Gasteiger partial charge in [-0.3, -0.25) is 0 Å². The van der Waals surface area contributed by atoms with Gasteiger partial charge in [-0.1, -0.05) is 138 Å². The number of benzene rings is 7. The third kappa shape index (κ3) is 6.25. The van der Waals surface area contributed by atoms with E-state index < -0.39 is 10.8 Å². The summed E-state index contributed by atoms with van der Waals surface area (Å²) in [5, 5.41) is 20.1. The van der Waals surface area contributed by atoms with E-state index in [2.05, 4.69) is 185 Å². The fraction of sp³-hybridized carbons (Fsp3) is 0.154. The van der Waals surface area contributed by atoms with Gasteiger partial charge in [0.25, 0.3) is 0 Å². The largest absolute Gasteiger partial charge is 0.308 e. The lowest BCUT2D eigenvalue weighted by Crippen LogP contribution is -2.29. The van der Waals surface area contributed by atoms with E-state index >= 15 is 0 Å². The predicted octanol–water partition coefficient (Wildman–Crippen LogP) is 15.2. The van der Waals surface area contributed by atoms with E-state index in [0.29, 0.717) is 11.1 Å². The third-order valence-corrected chi connectivity index (χ3v) is 13.1. The minimum Gasteiger partial charge on any atom is -0.308 e. The number of fused-ring (bicyclic) bond motifs is 4. The second-order valence-electron chi connectivity index (χ2n) is 16.8. The molecule has 7 aromatic carbocycles. The standard InChI is InChI=1S/C52H42N4S2/c1-51(2,3)47-45(35-27-23-33(31-53)24-28-35)49(55-37-15-7-11-19-41(37)57-42-20-12-8-16-38(42)55)46(36-29-25-34(32-54)26-30-36)48(52(4,5)6)50(47)56-39-17-9-13-21-43(39)58-44-22-14-10-18-40(44)56/h7-30H,1-6H3. The molecule has 0 atom stereocenters. The molecule has 0 spiro atoms. The minimum atomic E-state index is -0.394. The van der Waals surface area contributed by atoms with E-state index in [1.54, 1.807) is 11.8 Å². The molecule has 2 heterocycles. The van der Waals surface area contributed by atoms with Gasteiger partial charge in [0.1, 0.15) is 0 Å². The highest BCUT2D eigenvalue weighted by molar-refractivity contribution is 8.00. The number of hydrogen-bond donors (Lipinski definition) is 0. The Balaban J connectivity index is 1.58. The molecular weight excluding hydrogens is 745 g/mol. The van der Waals surface area contributed by atoms with Gasteiger partial charge in [0, 0.05) is 30.7 Å². The number of nitrogens with zero attached hydrogens (tertiary/aromatic N) is 4. The van der Waals surface area contributed by atoms with Crippen LogP contribution in [0.4, 0.5) is 34.1 Å². The third-order valence-electron chi connectivity index (χ3n) is 10.9. The molecule has 0 aromatic heterocycles. The lowest BCUT2D eigenvalue weighted by atomic mass is 9.70. The van der Waals surface area contributed by atoms with E-state index in [-0.39, 0.29) is 0 Å². The van der Waals surface area contributed by atoms with Crippen LogP contribution in [0.5, 0.6) is 0 Å². The van der Waals surface area contributed by atoms with Crippen LogP contribution in [0.1, 0.15) is 63.8 Å². The monoisotopic (exact) mass is 786 g/mol. The van der Waals surface area contributed by atoms with Gasteiger partial charge in [-0.25, -0.2) is 0 Å². The first-order valence-electron chi connectivity index (χ1n) is 19.6. The SMILES string of the molecule is CC(C)(C)c1c(-c2ccc(C#N)cc2)c(N2c3ccccc3Sc3ccccc32)c(-c2ccc(C#N)cc2)c(C(C)(C)C)c1N1c2ccccc2Sc2ccccc21. The average Bonchev–Trinajstić information content (AvgIpc) is 3.23. The Kier molecular flexibility index (Phi) is 9.24. The smallest absolute Gasteiger partial charge is 0.0991 e. The maximum atomic E-state index is 10.0. The van der Waals surface area contributed by atoms with E-state index in [0.717, 1.165) is 56.4 Å². The molecule has 7 aromatic rings. The molecule has 282 valence electrons. The zero-order chi connectivity index (χ0) is 40.3. The van der Waals surface area contributed by atoms with Gasteiger partial charge in [-0.2, -0.15) is 10.5 Å². The number of para-hydroxylation sites is 4. The summed E-state index contributed by atoms with van der Waals surface area (Å²) in [6.45, 7) is 14.0. The molecule has 6 heteroatoms. The number of nitriles is 2. The molecule has 0 aliphatic carbocycles. The van der Waals surface area contributed by atoms with Crippen molar-refractivity contribution in [2.45, 2.75) is 72.0 Å². The molecule has 58 heavy (non-hydrogen) atoms. The Morgan fingerprint density at radius 2 is 0.690 bits per heavy atom. The molecule has 9 rings (SSSR count). The zero-order valence-electron chi connectivity index (χ0n) is 33.5. The Morgan fingerprint density at radius 1 is 0.397 bits per heavy atom. The van der Waals surface area contributed by atoms with Gasteiger partial charge in [0.05, 0.1) is 57.4 Å². The van der Waals surface area contributed by atoms with Gasteiger partial charge >= 0.3 is 0 Å². The highest BCUT2D eigenvalue weighted by Crippen LogP contribution is 2.64. The summed E-state index contributed by atoms with van der Waals surface area (Å²) < 4.78 is 0. The van der Waals surface area contributed by atoms with E-state index in [4.69, 9.17) is 0 Å². The molecule has 0 unspecified atom stereocenters. The quantitative estimate of drug-likeness (QED) is 0.177. The highest BCUT2D eigenvalue weighted by atomic mass is 32.2. The maximum Gasteiger partial charge on any atom is 0.0991 e. The minimum absolute atomic E-state index is 0.394. The lowest BCUT2D eigenvalue weighted by molar-refractivity contribution is 0.572. The van der Waals surface area contributed by atoms with Crippen molar-refractivity contribution in [2.24, 2.45) is 0 Å². The van der Waals surface area contributed by atoms with Gasteiger partial charge in [0.15, 0.2) is 0 Å². The van der Waals surface area contributed by atoms with Crippen LogP contribution in [0.15, 0.2) is 165 Å². The van der Waals surface area contributed by atoms with E-state index in [1.807, 2.05) is 36.0 Å². The molecule has 0 fully saturated rings. The van der Waals surface area contributed by atoms with Crippen LogP contribution in [0.2, 0.25) is 0 Å². The maximum absolute atomic E-state index is 10.0. The first-order valence-corrected chi connectivity index (χ1v) is 21.2. The topological polar surface area (TPSA) is 54.1 Å². The van der Waals surface area contributed by atoms with Crippen LogP contribution in [0, 0.1) is 22.7 Å². The van der Waals surface area contributed by atoms with Gasteiger partial charge in [-0.15, -0.1) is 0 Å². The second-order valence-corrected chi connectivity index (χ2v) is 19.0. The molecule has 0 saturated heterocycles. The van der Waals surface area contributed by atoms with Gasteiger partial charge < -0.3 is 9.80 Å². The van der Waals surface area contributed by atoms with Crippen LogP contribution < -0.4 is 9.80 Å². The zero-order valence-corrected chi connectivity index (χ0v) is 35.1. The molecule has 4 nitrogen and oxygen atoms in total. The van der Waals surface area contributed by atoms with Crippen LogP contribution in [-0.2, 0) is 10.8 Å². The molecule has 0 radical (unpaired) electrons. The molecule has 2 aliphatic rings. The Labute approximate surface area is 350 Å². The predicted molar refractivity (Wildman–Crippen MR) is 242 cm³/mol. The Hall–Kier alpha value is -6.18. The summed E-state index contributed by atoms with van der Waals surface area (Å²) in [6.07, 6.45) is 0. The van der Waals surface area contributed by atoms with Crippen LogP contribution in [0.3, 0.4) is 0 Å². The van der Waals surface area contributed by atoms with Crippen molar-refractivity contribution in [2.75, 3.05) is 9.80 Å². The fourth-order valence-corrected chi connectivity index (χ4v) is 10.6. The van der Waals surface area contributed by atoms with E-state index in [9.17, 15) is 10.5 Å². The second kappa shape index (κ2) is 14.3. The number of anilines is 6. The highest BCUT2D eigenvalue weighted by Gasteiger charge is 2.42. The van der Waals surface area contributed by atoms with Crippen LogP contribution in [0.25, 0.3) is 22.3 Å². The molecular formula is C52H42N4S2. The van der Waals surface area contributed by atoms with E-state index in [1.165, 1.54) is 30.7 Å². The molecule has 0 saturated carbocycles. The molecule has 2 aliphatic heterocycles. The van der Waals surface area contributed by atoms with Gasteiger partial charge in [0.2, 0.25) is 0 Å².